The van der Waals surface area contributed by atoms with Crippen LogP contribution in [-0.4, -0.2) is 27.4 Å². The summed E-state index contributed by atoms with van der Waals surface area (Å²) in [5, 5.41) is 16.8. The molecule has 5 heteroatoms. The maximum atomic E-state index is 11.2. The van der Waals surface area contributed by atoms with E-state index in [1.165, 1.54) is 0 Å². The van der Waals surface area contributed by atoms with Crippen LogP contribution >= 0.6 is 0 Å². The minimum absolute atomic E-state index is 0.397. The van der Waals surface area contributed by atoms with Crippen molar-refractivity contribution in [1.29, 1.82) is 0 Å². The molecule has 2 aliphatic rings. The topological polar surface area (TPSA) is 67.1 Å². The summed E-state index contributed by atoms with van der Waals surface area (Å²) < 4.78 is 1.85. The van der Waals surface area contributed by atoms with Gasteiger partial charge in [0.05, 0.1) is 17.9 Å². The Morgan fingerprint density at radius 1 is 1.53 bits per heavy atom. The molecule has 1 saturated carbocycles. The number of aromatic nitrogens is 2. The van der Waals surface area contributed by atoms with Crippen molar-refractivity contribution in [1.82, 2.24) is 15.1 Å². The Morgan fingerprint density at radius 2 is 2.33 bits per heavy atom. The molecule has 0 saturated heterocycles. The molecule has 1 aromatic heterocycles. The number of carbonyl (C=O) groups is 1. The van der Waals surface area contributed by atoms with Crippen molar-refractivity contribution in [2.24, 2.45) is 0 Å². The lowest BCUT2D eigenvalue weighted by molar-refractivity contribution is 0.0694. The van der Waals surface area contributed by atoms with Gasteiger partial charge in [-0.05, 0) is 12.8 Å². The number of aromatic carboxylic acids is 1. The monoisotopic (exact) mass is 207 g/mol. The second-order valence-electron chi connectivity index (χ2n) is 4.19. The van der Waals surface area contributed by atoms with Crippen LogP contribution in [0.4, 0.5) is 0 Å². The number of carboxylic acids is 1. The van der Waals surface area contributed by atoms with Gasteiger partial charge in [0.1, 0.15) is 5.56 Å². The van der Waals surface area contributed by atoms with Crippen LogP contribution in [0.15, 0.2) is 0 Å². The Bertz CT molecular complexity index is 421. The first-order chi connectivity index (χ1) is 7.27. The molecule has 0 amide bonds. The minimum Gasteiger partial charge on any atom is -0.478 e. The van der Waals surface area contributed by atoms with Crippen molar-refractivity contribution < 1.29 is 9.90 Å². The van der Waals surface area contributed by atoms with E-state index >= 15 is 0 Å². The molecule has 0 aromatic carbocycles. The Labute approximate surface area is 87.1 Å². The molecule has 80 valence electrons. The van der Waals surface area contributed by atoms with Crippen molar-refractivity contribution in [2.45, 2.75) is 31.8 Å². The summed E-state index contributed by atoms with van der Waals surface area (Å²) in [7, 11) is 0. The van der Waals surface area contributed by atoms with Gasteiger partial charge in [-0.1, -0.05) is 0 Å². The fraction of sp³-hybridized carbons (Fsp3) is 0.600. The molecule has 2 heterocycles. The van der Waals surface area contributed by atoms with Crippen LogP contribution in [0.1, 0.15) is 40.5 Å². The largest absolute Gasteiger partial charge is 0.478 e. The van der Waals surface area contributed by atoms with Gasteiger partial charge in [-0.3, -0.25) is 4.68 Å². The molecular weight excluding hydrogens is 194 g/mol. The molecule has 1 aliphatic heterocycles. The Hall–Kier alpha value is -1.36. The van der Waals surface area contributed by atoms with Crippen molar-refractivity contribution in [3.63, 3.8) is 0 Å². The van der Waals surface area contributed by atoms with Crippen molar-refractivity contribution in [3.8, 4) is 0 Å². The van der Waals surface area contributed by atoms with E-state index in [4.69, 9.17) is 0 Å². The molecule has 1 aromatic rings. The minimum atomic E-state index is -0.832. The quantitative estimate of drug-likeness (QED) is 0.743. The number of rotatable bonds is 2. The van der Waals surface area contributed by atoms with Crippen LogP contribution in [0.5, 0.6) is 0 Å². The zero-order valence-corrected chi connectivity index (χ0v) is 8.36. The van der Waals surface area contributed by atoms with Gasteiger partial charge in [-0.2, -0.15) is 5.10 Å². The highest BCUT2D eigenvalue weighted by molar-refractivity contribution is 5.90. The predicted molar refractivity (Wildman–Crippen MR) is 52.9 cm³/mol. The Balaban J connectivity index is 2.13. The van der Waals surface area contributed by atoms with Crippen LogP contribution in [0.3, 0.4) is 0 Å². The molecule has 0 unspecified atom stereocenters. The molecule has 1 fully saturated rings. The van der Waals surface area contributed by atoms with Gasteiger partial charge < -0.3 is 10.4 Å². The fourth-order valence-corrected chi connectivity index (χ4v) is 2.15. The maximum Gasteiger partial charge on any atom is 0.339 e. The normalized spacial score (nSPS) is 20.0. The first kappa shape index (κ1) is 8.91. The zero-order chi connectivity index (χ0) is 10.4. The van der Waals surface area contributed by atoms with Gasteiger partial charge >= 0.3 is 5.97 Å². The SMILES string of the molecule is O=C(O)c1c(C2CC2)nn2c1CNCC2. The Kier molecular flexibility index (Phi) is 1.82. The number of nitrogens with zero attached hydrogens (tertiary/aromatic N) is 2. The third kappa shape index (κ3) is 1.34. The summed E-state index contributed by atoms with van der Waals surface area (Å²) in [4.78, 5) is 11.2. The van der Waals surface area contributed by atoms with E-state index in [1.54, 1.807) is 0 Å². The molecule has 0 bridgehead atoms. The van der Waals surface area contributed by atoms with Gasteiger partial charge in [0.25, 0.3) is 0 Å². The van der Waals surface area contributed by atoms with Gasteiger partial charge in [0.15, 0.2) is 0 Å². The first-order valence-electron chi connectivity index (χ1n) is 5.31. The number of fused-ring (bicyclic) bond motifs is 1. The number of carboxylic acid groups (broad SMARTS) is 1. The smallest absolute Gasteiger partial charge is 0.339 e. The van der Waals surface area contributed by atoms with Gasteiger partial charge in [0, 0.05) is 19.0 Å². The highest BCUT2D eigenvalue weighted by atomic mass is 16.4. The van der Waals surface area contributed by atoms with E-state index in [-0.39, 0.29) is 0 Å². The zero-order valence-electron chi connectivity index (χ0n) is 8.36. The summed E-state index contributed by atoms with van der Waals surface area (Å²) in [5.74, 6) is -0.434. The summed E-state index contributed by atoms with van der Waals surface area (Å²) >= 11 is 0. The molecule has 0 atom stereocenters. The average molecular weight is 207 g/mol. The molecule has 3 rings (SSSR count). The number of nitrogens with one attached hydrogen (secondary N) is 1. The summed E-state index contributed by atoms with van der Waals surface area (Å²) in [5.41, 5.74) is 2.10. The van der Waals surface area contributed by atoms with Crippen LogP contribution in [0, 0.1) is 0 Å². The highest BCUT2D eigenvalue weighted by Crippen LogP contribution is 2.41. The van der Waals surface area contributed by atoms with E-state index in [2.05, 4.69) is 10.4 Å². The summed E-state index contributed by atoms with van der Waals surface area (Å²) in [6.07, 6.45) is 2.17. The third-order valence-corrected chi connectivity index (χ3v) is 3.06. The average Bonchev–Trinajstić information content (AvgIpc) is 2.98. The summed E-state index contributed by atoms with van der Waals surface area (Å²) in [6.45, 7) is 2.28. The van der Waals surface area contributed by atoms with Crippen LogP contribution < -0.4 is 5.32 Å². The predicted octanol–water partition coefficient (Wildman–Crippen LogP) is 0.562. The van der Waals surface area contributed by atoms with E-state index < -0.39 is 5.97 Å². The van der Waals surface area contributed by atoms with E-state index in [1.807, 2.05) is 4.68 Å². The van der Waals surface area contributed by atoms with Crippen LogP contribution in [0.25, 0.3) is 0 Å². The van der Waals surface area contributed by atoms with Gasteiger partial charge in [-0.15, -0.1) is 0 Å². The van der Waals surface area contributed by atoms with Gasteiger partial charge in [-0.25, -0.2) is 4.79 Å². The number of hydrogen-bond acceptors (Lipinski definition) is 3. The molecular formula is C10H13N3O2. The second-order valence-corrected chi connectivity index (χ2v) is 4.19. The van der Waals surface area contributed by atoms with Crippen LogP contribution in [-0.2, 0) is 13.1 Å². The lowest BCUT2D eigenvalue weighted by Crippen LogP contribution is -2.29. The van der Waals surface area contributed by atoms with Crippen LogP contribution in [0.2, 0.25) is 0 Å². The van der Waals surface area contributed by atoms with E-state index in [0.717, 1.165) is 37.3 Å². The molecule has 0 spiro atoms. The van der Waals surface area contributed by atoms with Gasteiger partial charge in [0.2, 0.25) is 0 Å². The number of hydrogen-bond donors (Lipinski definition) is 2. The standard InChI is InChI=1S/C10H13N3O2/c14-10(15)8-7-5-11-3-4-13(7)12-9(8)6-1-2-6/h6,11H,1-5H2,(H,14,15). The van der Waals surface area contributed by atoms with Crippen molar-refractivity contribution in [2.75, 3.05) is 6.54 Å². The molecule has 2 N–H and O–H groups in total. The molecule has 0 radical (unpaired) electrons. The lowest BCUT2D eigenvalue weighted by Gasteiger charge is -2.14. The summed E-state index contributed by atoms with van der Waals surface area (Å²) in [6, 6.07) is 0. The third-order valence-electron chi connectivity index (χ3n) is 3.06. The maximum absolute atomic E-state index is 11.2. The van der Waals surface area contributed by atoms with E-state index in [0.29, 0.717) is 18.0 Å². The molecule has 5 nitrogen and oxygen atoms in total. The molecule has 15 heavy (non-hydrogen) atoms. The highest BCUT2D eigenvalue weighted by Gasteiger charge is 2.34. The second kappa shape index (κ2) is 3.06. The molecule has 1 aliphatic carbocycles. The lowest BCUT2D eigenvalue weighted by atomic mass is 10.1. The van der Waals surface area contributed by atoms with E-state index in [9.17, 15) is 9.90 Å². The Morgan fingerprint density at radius 3 is 3.00 bits per heavy atom. The fourth-order valence-electron chi connectivity index (χ4n) is 2.15. The van der Waals surface area contributed by atoms with Crippen molar-refractivity contribution in [3.05, 3.63) is 17.0 Å². The first-order valence-corrected chi connectivity index (χ1v) is 5.31. The van der Waals surface area contributed by atoms with Crippen molar-refractivity contribution >= 4 is 5.97 Å².